The molecule has 34 heavy (non-hydrogen) atoms. The Bertz CT molecular complexity index is 1470. The predicted molar refractivity (Wildman–Crippen MR) is 136 cm³/mol. The Morgan fingerprint density at radius 2 is 2.00 bits per heavy atom. The molecule has 4 aromatic heterocycles. The Hall–Kier alpha value is -2.66. The zero-order chi connectivity index (χ0) is 24.0. The summed E-state index contributed by atoms with van der Waals surface area (Å²) < 4.78 is 6.44. The van der Waals surface area contributed by atoms with E-state index in [0.717, 1.165) is 22.7 Å². The molecule has 0 spiro atoms. The minimum absolute atomic E-state index is 0.295. The van der Waals surface area contributed by atoms with Crippen molar-refractivity contribution in [3.05, 3.63) is 43.7 Å². The van der Waals surface area contributed by atoms with Gasteiger partial charge < -0.3 is 9.13 Å². The number of nitrogens with zero attached hydrogens (tertiary/aromatic N) is 7. The van der Waals surface area contributed by atoms with Gasteiger partial charge in [0.05, 0.1) is 11.2 Å². The van der Waals surface area contributed by atoms with Crippen molar-refractivity contribution in [2.75, 3.05) is 5.75 Å². The lowest BCUT2D eigenvalue weighted by atomic mass is 9.87. The van der Waals surface area contributed by atoms with E-state index in [-0.39, 0.29) is 11.2 Å². The molecule has 180 valence electrons. The van der Waals surface area contributed by atoms with Gasteiger partial charge in [-0.15, -0.1) is 21.5 Å². The van der Waals surface area contributed by atoms with Crippen molar-refractivity contribution in [2.45, 2.75) is 50.7 Å². The fourth-order valence-corrected chi connectivity index (χ4v) is 6.76. The molecule has 0 aromatic carbocycles. The van der Waals surface area contributed by atoms with Crippen molar-refractivity contribution in [1.29, 1.82) is 0 Å². The number of thiophene rings is 1. The van der Waals surface area contributed by atoms with Gasteiger partial charge in [-0.25, -0.2) is 9.78 Å². The Balaban J connectivity index is 1.27. The first kappa shape index (κ1) is 23.1. The maximum Gasteiger partial charge on any atom is 0.332 e. The summed E-state index contributed by atoms with van der Waals surface area (Å²) in [5.74, 6) is 2.43. The number of hydrogen-bond acceptors (Lipinski definition) is 7. The van der Waals surface area contributed by atoms with Gasteiger partial charge in [0.1, 0.15) is 0 Å². The van der Waals surface area contributed by atoms with Gasteiger partial charge >= 0.3 is 5.69 Å². The SMILES string of the molecule is CCC1CCc2sc(-c3nnc(SCCCn4c(=O)c5c(ncn5C)n(C)c4=O)n3C)cc2C1. The van der Waals surface area contributed by atoms with Crippen LogP contribution in [0.1, 0.15) is 36.6 Å². The van der Waals surface area contributed by atoms with Crippen molar-refractivity contribution in [1.82, 2.24) is 33.4 Å². The van der Waals surface area contributed by atoms with Gasteiger partial charge in [-0.3, -0.25) is 13.9 Å². The molecule has 4 heterocycles. The Morgan fingerprint density at radius 1 is 1.18 bits per heavy atom. The molecule has 1 aliphatic carbocycles. The highest BCUT2D eigenvalue weighted by molar-refractivity contribution is 7.99. The molecule has 1 unspecified atom stereocenters. The Labute approximate surface area is 205 Å². The second-order valence-electron chi connectivity index (χ2n) is 8.97. The summed E-state index contributed by atoms with van der Waals surface area (Å²) in [6.07, 6.45) is 7.08. The van der Waals surface area contributed by atoms with Crippen LogP contribution in [0.4, 0.5) is 0 Å². The Morgan fingerprint density at radius 3 is 2.79 bits per heavy atom. The fourth-order valence-electron chi connectivity index (χ4n) is 4.69. The largest absolute Gasteiger partial charge is 0.332 e. The molecule has 9 nitrogen and oxygen atoms in total. The molecule has 4 aromatic rings. The van der Waals surface area contributed by atoms with Crippen LogP contribution in [-0.2, 0) is 40.5 Å². The molecule has 1 atom stereocenters. The average Bonchev–Trinajstić information content (AvgIpc) is 3.53. The van der Waals surface area contributed by atoms with E-state index >= 15 is 0 Å². The first-order valence-electron chi connectivity index (χ1n) is 11.6. The summed E-state index contributed by atoms with van der Waals surface area (Å²) >= 11 is 3.44. The standard InChI is InChI=1S/C23H29N7O2S2/c1-5-14-7-8-16-15(11-14)12-17(34-16)19-25-26-22(28(19)3)33-10-6-9-30-21(31)18-20(24-13-27(18)2)29(4)23(30)32/h12-14H,5-11H2,1-4H3. The number of imidazole rings is 1. The second kappa shape index (κ2) is 9.18. The smallest absolute Gasteiger partial charge is 0.328 e. The third-order valence-corrected chi connectivity index (χ3v) is 9.12. The third-order valence-electron chi connectivity index (χ3n) is 6.78. The minimum Gasteiger partial charge on any atom is -0.328 e. The van der Waals surface area contributed by atoms with Crippen LogP contribution in [0.2, 0.25) is 0 Å². The van der Waals surface area contributed by atoms with Gasteiger partial charge in [0.15, 0.2) is 22.1 Å². The quantitative estimate of drug-likeness (QED) is 0.287. The summed E-state index contributed by atoms with van der Waals surface area (Å²) in [4.78, 5) is 32.4. The molecule has 1 aliphatic rings. The van der Waals surface area contributed by atoms with Crippen LogP contribution in [0.25, 0.3) is 21.9 Å². The molecule has 0 aliphatic heterocycles. The zero-order valence-electron chi connectivity index (χ0n) is 19.9. The summed E-state index contributed by atoms with van der Waals surface area (Å²) in [6, 6.07) is 2.30. The van der Waals surface area contributed by atoms with Gasteiger partial charge in [0, 0.05) is 38.3 Å². The van der Waals surface area contributed by atoms with Crippen LogP contribution in [-0.4, -0.2) is 39.2 Å². The number of hydrogen-bond donors (Lipinski definition) is 0. The van der Waals surface area contributed by atoms with Crippen molar-refractivity contribution in [3.8, 4) is 10.7 Å². The molecular formula is C23H29N7O2S2. The van der Waals surface area contributed by atoms with Crippen molar-refractivity contribution in [3.63, 3.8) is 0 Å². The van der Waals surface area contributed by atoms with E-state index in [9.17, 15) is 9.59 Å². The van der Waals surface area contributed by atoms with Gasteiger partial charge in [0.2, 0.25) is 0 Å². The van der Waals surface area contributed by atoms with Gasteiger partial charge in [-0.2, -0.15) is 0 Å². The number of thioether (sulfide) groups is 1. The molecule has 11 heteroatoms. The third kappa shape index (κ3) is 3.94. The van der Waals surface area contributed by atoms with Crippen LogP contribution in [0.3, 0.4) is 0 Å². The van der Waals surface area contributed by atoms with Gasteiger partial charge in [-0.05, 0) is 43.2 Å². The molecule has 0 amide bonds. The van der Waals surface area contributed by atoms with E-state index < -0.39 is 0 Å². The van der Waals surface area contributed by atoms with E-state index in [2.05, 4.69) is 28.2 Å². The second-order valence-corrected chi connectivity index (χ2v) is 11.2. The molecule has 0 saturated carbocycles. The van der Waals surface area contributed by atoms with Crippen molar-refractivity contribution < 1.29 is 0 Å². The van der Waals surface area contributed by atoms with Crippen LogP contribution in [0.15, 0.2) is 27.1 Å². The molecule has 5 rings (SSSR count). The predicted octanol–water partition coefficient (Wildman–Crippen LogP) is 2.99. The minimum atomic E-state index is -0.339. The molecule has 0 saturated heterocycles. The van der Waals surface area contributed by atoms with Crippen LogP contribution in [0.5, 0.6) is 0 Å². The number of fused-ring (bicyclic) bond motifs is 2. The van der Waals surface area contributed by atoms with Crippen LogP contribution in [0, 0.1) is 5.92 Å². The molecule has 0 radical (unpaired) electrons. The maximum atomic E-state index is 12.8. The van der Waals surface area contributed by atoms with E-state index in [1.165, 1.54) is 50.1 Å². The normalized spacial score (nSPS) is 15.8. The first-order chi connectivity index (χ1) is 16.4. The first-order valence-corrected chi connectivity index (χ1v) is 13.4. The average molecular weight is 500 g/mol. The molecular weight excluding hydrogens is 470 g/mol. The monoisotopic (exact) mass is 499 g/mol. The van der Waals surface area contributed by atoms with Gasteiger partial charge in [-0.1, -0.05) is 25.1 Å². The highest BCUT2D eigenvalue weighted by Gasteiger charge is 2.22. The number of aryl methyl sites for hydroxylation is 3. The fraction of sp³-hybridized carbons (Fsp3) is 0.522. The van der Waals surface area contributed by atoms with Gasteiger partial charge in [0.25, 0.3) is 5.56 Å². The lowest BCUT2D eigenvalue weighted by Crippen LogP contribution is -2.39. The van der Waals surface area contributed by atoms with Crippen molar-refractivity contribution >= 4 is 34.3 Å². The zero-order valence-corrected chi connectivity index (χ0v) is 21.6. The molecule has 0 N–H and O–H groups in total. The number of aromatic nitrogens is 7. The van der Waals surface area contributed by atoms with Crippen molar-refractivity contribution in [2.24, 2.45) is 27.1 Å². The van der Waals surface area contributed by atoms with E-state index in [4.69, 9.17) is 0 Å². The lowest BCUT2D eigenvalue weighted by Gasteiger charge is -2.19. The van der Waals surface area contributed by atoms with E-state index in [0.29, 0.717) is 24.1 Å². The lowest BCUT2D eigenvalue weighted by molar-refractivity contribution is 0.449. The summed E-state index contributed by atoms with van der Waals surface area (Å²) in [5, 5.41) is 9.72. The summed E-state index contributed by atoms with van der Waals surface area (Å²) in [5.41, 5.74) is 1.70. The summed E-state index contributed by atoms with van der Waals surface area (Å²) in [7, 11) is 5.41. The topological polar surface area (TPSA) is 92.5 Å². The highest BCUT2D eigenvalue weighted by atomic mass is 32.2. The summed E-state index contributed by atoms with van der Waals surface area (Å²) in [6.45, 7) is 2.63. The number of rotatable bonds is 7. The van der Waals surface area contributed by atoms with E-state index in [1.54, 1.807) is 36.8 Å². The Kier molecular flexibility index (Phi) is 6.24. The molecule has 0 bridgehead atoms. The maximum absolute atomic E-state index is 12.8. The van der Waals surface area contributed by atoms with Crippen LogP contribution < -0.4 is 11.2 Å². The van der Waals surface area contributed by atoms with E-state index in [1.807, 2.05) is 23.0 Å². The van der Waals surface area contributed by atoms with Crippen LogP contribution >= 0.6 is 23.1 Å². The highest BCUT2D eigenvalue weighted by Crippen LogP contribution is 2.38. The molecule has 0 fully saturated rings.